The fourth-order valence-corrected chi connectivity index (χ4v) is 1.39. The van der Waals surface area contributed by atoms with Gasteiger partial charge in [-0.15, -0.1) is 0 Å². The number of nitrogens with two attached hydrogens (primary N) is 1. The Hall–Kier alpha value is -0.890. The first-order chi connectivity index (χ1) is 5.41. The van der Waals surface area contributed by atoms with E-state index in [2.05, 4.69) is 11.1 Å². The molecule has 0 aliphatic rings. The Bertz CT molecular complexity index is 284. The molecule has 0 unspecified atom stereocenters. The molecule has 0 saturated heterocycles. The minimum absolute atomic E-state index is 0.336. The van der Waals surface area contributed by atoms with Crippen molar-refractivity contribution in [2.75, 3.05) is 0 Å². The molecule has 2 N–H and O–H groups in total. The highest BCUT2D eigenvalue weighted by Crippen LogP contribution is 2.18. The van der Waals surface area contributed by atoms with Crippen molar-refractivity contribution in [2.24, 2.45) is 5.73 Å². The second kappa shape index (κ2) is 2.87. The Balaban J connectivity index is 3.19. The summed E-state index contributed by atoms with van der Waals surface area (Å²) < 4.78 is 0. The zero-order valence-corrected chi connectivity index (χ0v) is 8.18. The molecule has 1 aromatic rings. The summed E-state index contributed by atoms with van der Waals surface area (Å²) in [6.07, 6.45) is 1.86. The minimum Gasteiger partial charge on any atom is -0.321 e. The standard InChI is InChI=1S/C10H16N2/c1-7-5-8(2)9(12-6-7)10(3,4)11/h5-6H,11H2,1-4H3. The molecule has 0 bridgehead atoms. The van der Waals surface area contributed by atoms with Gasteiger partial charge in [-0.25, -0.2) is 0 Å². The molecule has 0 amide bonds. The van der Waals surface area contributed by atoms with Crippen molar-refractivity contribution in [2.45, 2.75) is 33.2 Å². The van der Waals surface area contributed by atoms with Gasteiger partial charge in [0.2, 0.25) is 0 Å². The van der Waals surface area contributed by atoms with Crippen LogP contribution in [0.25, 0.3) is 0 Å². The van der Waals surface area contributed by atoms with E-state index in [0.29, 0.717) is 0 Å². The van der Waals surface area contributed by atoms with Crippen molar-refractivity contribution in [3.05, 3.63) is 29.1 Å². The third-order valence-electron chi connectivity index (χ3n) is 1.83. The van der Waals surface area contributed by atoms with Crippen molar-refractivity contribution in [3.63, 3.8) is 0 Å². The number of aryl methyl sites for hydroxylation is 2. The molecule has 0 aromatic carbocycles. The van der Waals surface area contributed by atoms with E-state index in [9.17, 15) is 0 Å². The summed E-state index contributed by atoms with van der Waals surface area (Å²) in [5.74, 6) is 0. The second-order valence-electron chi connectivity index (χ2n) is 3.90. The van der Waals surface area contributed by atoms with Crippen molar-refractivity contribution >= 4 is 0 Å². The van der Waals surface area contributed by atoms with E-state index in [1.807, 2.05) is 33.9 Å². The lowest BCUT2D eigenvalue weighted by Crippen LogP contribution is -2.30. The van der Waals surface area contributed by atoms with Gasteiger partial charge >= 0.3 is 0 Å². The molecule has 0 saturated carbocycles. The van der Waals surface area contributed by atoms with Crippen LogP contribution in [0.15, 0.2) is 12.3 Å². The van der Waals surface area contributed by atoms with E-state index >= 15 is 0 Å². The lowest BCUT2D eigenvalue weighted by Gasteiger charge is -2.20. The molecule has 12 heavy (non-hydrogen) atoms. The first-order valence-electron chi connectivity index (χ1n) is 4.14. The summed E-state index contributed by atoms with van der Waals surface area (Å²) in [6, 6.07) is 2.11. The van der Waals surface area contributed by atoms with Crippen LogP contribution in [0.1, 0.15) is 30.7 Å². The molecule has 2 heteroatoms. The molecule has 1 rings (SSSR count). The zero-order valence-electron chi connectivity index (χ0n) is 8.18. The molecule has 0 aliphatic carbocycles. The molecule has 2 nitrogen and oxygen atoms in total. The summed E-state index contributed by atoms with van der Waals surface area (Å²) in [4.78, 5) is 4.32. The van der Waals surface area contributed by atoms with Crippen LogP contribution in [0.3, 0.4) is 0 Å². The molecule has 0 atom stereocenters. The van der Waals surface area contributed by atoms with Gasteiger partial charge in [0, 0.05) is 6.20 Å². The molecule has 1 heterocycles. The fraction of sp³-hybridized carbons (Fsp3) is 0.500. The number of rotatable bonds is 1. The Morgan fingerprint density at radius 3 is 2.33 bits per heavy atom. The van der Waals surface area contributed by atoms with Gasteiger partial charge in [0.1, 0.15) is 0 Å². The van der Waals surface area contributed by atoms with Gasteiger partial charge in [-0.3, -0.25) is 4.98 Å². The van der Waals surface area contributed by atoms with E-state index in [1.54, 1.807) is 0 Å². The minimum atomic E-state index is -0.336. The van der Waals surface area contributed by atoms with Crippen molar-refractivity contribution < 1.29 is 0 Å². The predicted octanol–water partition coefficient (Wildman–Crippen LogP) is 1.89. The average Bonchev–Trinajstić information content (AvgIpc) is 1.83. The van der Waals surface area contributed by atoms with Crippen LogP contribution in [0.4, 0.5) is 0 Å². The topological polar surface area (TPSA) is 38.9 Å². The summed E-state index contributed by atoms with van der Waals surface area (Å²) in [6.45, 7) is 8.02. The van der Waals surface area contributed by atoms with Gasteiger partial charge in [-0.1, -0.05) is 6.07 Å². The van der Waals surface area contributed by atoms with E-state index in [-0.39, 0.29) is 5.54 Å². The number of pyridine rings is 1. The highest BCUT2D eigenvalue weighted by Gasteiger charge is 2.17. The fourth-order valence-electron chi connectivity index (χ4n) is 1.39. The van der Waals surface area contributed by atoms with E-state index < -0.39 is 0 Å². The average molecular weight is 164 g/mol. The Morgan fingerprint density at radius 2 is 1.92 bits per heavy atom. The Labute approximate surface area is 73.8 Å². The van der Waals surface area contributed by atoms with Gasteiger partial charge in [0.15, 0.2) is 0 Å². The largest absolute Gasteiger partial charge is 0.321 e. The Morgan fingerprint density at radius 1 is 1.33 bits per heavy atom. The number of nitrogens with zero attached hydrogens (tertiary/aromatic N) is 1. The first-order valence-corrected chi connectivity index (χ1v) is 4.14. The molecule has 0 fully saturated rings. The van der Waals surface area contributed by atoms with Crippen LogP contribution >= 0.6 is 0 Å². The number of hydrogen-bond donors (Lipinski definition) is 1. The van der Waals surface area contributed by atoms with E-state index in [1.165, 1.54) is 11.1 Å². The number of aromatic nitrogens is 1. The molecule has 0 radical (unpaired) electrons. The molecule has 66 valence electrons. The SMILES string of the molecule is Cc1cnc(C(C)(C)N)c(C)c1. The van der Waals surface area contributed by atoms with Gasteiger partial charge in [-0.2, -0.15) is 0 Å². The third kappa shape index (κ3) is 1.83. The quantitative estimate of drug-likeness (QED) is 0.688. The van der Waals surface area contributed by atoms with Crippen molar-refractivity contribution in [1.82, 2.24) is 4.98 Å². The van der Waals surface area contributed by atoms with Crippen LogP contribution in [0, 0.1) is 13.8 Å². The van der Waals surface area contributed by atoms with E-state index in [0.717, 1.165) is 5.69 Å². The summed E-state index contributed by atoms with van der Waals surface area (Å²) in [5, 5.41) is 0. The van der Waals surface area contributed by atoms with Crippen LogP contribution in [-0.2, 0) is 5.54 Å². The third-order valence-corrected chi connectivity index (χ3v) is 1.83. The summed E-state index contributed by atoms with van der Waals surface area (Å²) in [5.41, 5.74) is 8.94. The van der Waals surface area contributed by atoms with E-state index in [4.69, 9.17) is 5.73 Å². The molecular formula is C10H16N2. The maximum absolute atomic E-state index is 5.95. The van der Waals surface area contributed by atoms with Gasteiger partial charge in [0.05, 0.1) is 11.2 Å². The predicted molar refractivity (Wildman–Crippen MR) is 50.9 cm³/mol. The lowest BCUT2D eigenvalue weighted by molar-refractivity contribution is 0.531. The highest BCUT2D eigenvalue weighted by atomic mass is 14.8. The second-order valence-corrected chi connectivity index (χ2v) is 3.90. The van der Waals surface area contributed by atoms with Crippen LogP contribution in [0.2, 0.25) is 0 Å². The van der Waals surface area contributed by atoms with Crippen LogP contribution in [0.5, 0.6) is 0 Å². The van der Waals surface area contributed by atoms with Crippen molar-refractivity contribution in [3.8, 4) is 0 Å². The zero-order chi connectivity index (χ0) is 9.35. The van der Waals surface area contributed by atoms with Gasteiger partial charge < -0.3 is 5.73 Å². The number of hydrogen-bond acceptors (Lipinski definition) is 2. The first kappa shape index (κ1) is 9.20. The maximum Gasteiger partial charge on any atom is 0.0626 e. The summed E-state index contributed by atoms with van der Waals surface area (Å²) in [7, 11) is 0. The smallest absolute Gasteiger partial charge is 0.0626 e. The van der Waals surface area contributed by atoms with Crippen molar-refractivity contribution in [1.29, 1.82) is 0 Å². The highest BCUT2D eigenvalue weighted by molar-refractivity contribution is 5.27. The maximum atomic E-state index is 5.95. The van der Waals surface area contributed by atoms with Gasteiger partial charge in [-0.05, 0) is 38.8 Å². The van der Waals surface area contributed by atoms with Crippen LogP contribution in [-0.4, -0.2) is 4.98 Å². The summed E-state index contributed by atoms with van der Waals surface area (Å²) >= 11 is 0. The van der Waals surface area contributed by atoms with Gasteiger partial charge in [0.25, 0.3) is 0 Å². The normalized spacial score (nSPS) is 11.8. The molecular weight excluding hydrogens is 148 g/mol. The lowest BCUT2D eigenvalue weighted by atomic mass is 9.97. The Kier molecular flexibility index (Phi) is 2.20. The van der Waals surface area contributed by atoms with Crippen LogP contribution < -0.4 is 5.73 Å². The molecule has 0 spiro atoms. The molecule has 1 aromatic heterocycles. The molecule has 0 aliphatic heterocycles. The monoisotopic (exact) mass is 164 g/mol.